The van der Waals surface area contributed by atoms with Crippen LogP contribution in [-0.2, 0) is 0 Å². The molecule has 1 aromatic heterocycles. The van der Waals surface area contributed by atoms with Crippen LogP contribution in [0, 0.1) is 0 Å². The number of rotatable bonds is 6. The predicted octanol–water partition coefficient (Wildman–Crippen LogP) is 7.45. The number of hydrogen-bond acceptors (Lipinski definition) is 2. The maximum atomic E-state index is 14.0. The van der Waals surface area contributed by atoms with E-state index in [1.165, 1.54) is 0 Å². The number of carbonyl (C=O) groups is 1. The quantitative estimate of drug-likeness (QED) is 0.297. The summed E-state index contributed by atoms with van der Waals surface area (Å²) in [5, 5.41) is 4.16. The fraction of sp³-hybridized carbons (Fsp3) is 0.0968. The van der Waals surface area contributed by atoms with Gasteiger partial charge in [0.25, 0.3) is 5.91 Å². The lowest BCUT2D eigenvalue weighted by Crippen LogP contribution is -2.29. The van der Waals surface area contributed by atoms with Gasteiger partial charge in [-0.2, -0.15) is 0 Å². The molecule has 1 atom stereocenters. The van der Waals surface area contributed by atoms with Crippen molar-refractivity contribution in [2.75, 3.05) is 0 Å². The lowest BCUT2D eigenvalue weighted by atomic mass is 9.91. The highest BCUT2D eigenvalue weighted by atomic mass is 16.1. The number of amides is 1. The van der Waals surface area contributed by atoms with E-state index in [-0.39, 0.29) is 11.9 Å². The van der Waals surface area contributed by atoms with Gasteiger partial charge in [-0.05, 0) is 23.6 Å². The normalized spacial score (nSPS) is 11.8. The summed E-state index contributed by atoms with van der Waals surface area (Å²) >= 11 is 0. The van der Waals surface area contributed by atoms with Gasteiger partial charge in [0.05, 0.1) is 22.8 Å². The van der Waals surface area contributed by atoms with E-state index in [4.69, 9.17) is 4.98 Å². The molecular formula is C31H26N2O. The Morgan fingerprint density at radius 1 is 0.735 bits per heavy atom. The lowest BCUT2D eigenvalue weighted by molar-refractivity contribution is 0.0938. The third-order valence-electron chi connectivity index (χ3n) is 6.14. The van der Waals surface area contributed by atoms with Crippen LogP contribution in [0.3, 0.4) is 0 Å². The molecule has 0 bridgehead atoms. The van der Waals surface area contributed by atoms with Crippen LogP contribution in [0.5, 0.6) is 0 Å². The molecule has 3 heteroatoms. The fourth-order valence-corrected chi connectivity index (χ4v) is 4.48. The summed E-state index contributed by atoms with van der Waals surface area (Å²) < 4.78 is 0. The van der Waals surface area contributed by atoms with Crippen LogP contribution < -0.4 is 5.32 Å². The smallest absolute Gasteiger partial charge is 0.253 e. The minimum absolute atomic E-state index is 0.0792. The molecule has 5 rings (SSSR count). The van der Waals surface area contributed by atoms with Gasteiger partial charge in [-0.25, -0.2) is 4.98 Å². The van der Waals surface area contributed by atoms with E-state index in [2.05, 4.69) is 24.4 Å². The third-order valence-corrected chi connectivity index (χ3v) is 6.14. The van der Waals surface area contributed by atoms with Gasteiger partial charge >= 0.3 is 0 Å². The SMILES string of the molecule is CCC(NC(=O)c1c(-c2ccccc2)c(-c2ccccc2)nc2ccccc12)c1ccccc1. The fourth-order valence-electron chi connectivity index (χ4n) is 4.48. The van der Waals surface area contributed by atoms with Crippen molar-refractivity contribution in [1.82, 2.24) is 10.3 Å². The minimum Gasteiger partial charge on any atom is -0.345 e. The standard InChI is InChI=1S/C31H26N2O/c1-2-26(22-14-6-3-7-15-22)33-31(34)29-25-20-12-13-21-27(25)32-30(24-18-10-5-11-19-24)28(29)23-16-8-4-9-17-23/h3-21,26H,2H2,1H3,(H,33,34). The molecular weight excluding hydrogens is 416 g/mol. The molecule has 1 unspecified atom stereocenters. The maximum Gasteiger partial charge on any atom is 0.253 e. The van der Waals surface area contributed by atoms with E-state index < -0.39 is 0 Å². The molecule has 1 N–H and O–H groups in total. The van der Waals surface area contributed by atoms with E-state index >= 15 is 0 Å². The first-order valence-electron chi connectivity index (χ1n) is 11.7. The number of fused-ring (bicyclic) bond motifs is 1. The van der Waals surface area contributed by atoms with Crippen LogP contribution in [0.1, 0.15) is 35.3 Å². The molecule has 0 saturated heterocycles. The Morgan fingerprint density at radius 2 is 1.29 bits per heavy atom. The lowest BCUT2D eigenvalue weighted by Gasteiger charge is -2.21. The van der Waals surface area contributed by atoms with Crippen LogP contribution in [0.4, 0.5) is 0 Å². The second kappa shape index (κ2) is 9.72. The zero-order valence-corrected chi connectivity index (χ0v) is 19.1. The Morgan fingerprint density at radius 3 is 1.94 bits per heavy atom. The number of benzene rings is 4. The topological polar surface area (TPSA) is 42.0 Å². The molecule has 166 valence electrons. The molecule has 0 saturated carbocycles. The second-order valence-corrected chi connectivity index (χ2v) is 8.30. The molecule has 0 aliphatic heterocycles. The Bertz CT molecular complexity index is 1410. The number of nitrogens with one attached hydrogen (secondary N) is 1. The van der Waals surface area contributed by atoms with Gasteiger partial charge in [0.2, 0.25) is 0 Å². The average molecular weight is 443 g/mol. The summed E-state index contributed by atoms with van der Waals surface area (Å²) in [6.45, 7) is 2.09. The molecule has 0 aliphatic carbocycles. The molecule has 0 spiro atoms. The highest BCUT2D eigenvalue weighted by molar-refractivity contribution is 6.14. The monoisotopic (exact) mass is 442 g/mol. The van der Waals surface area contributed by atoms with Crippen LogP contribution >= 0.6 is 0 Å². The number of nitrogens with zero attached hydrogens (tertiary/aromatic N) is 1. The zero-order valence-electron chi connectivity index (χ0n) is 19.1. The van der Waals surface area contributed by atoms with Crippen LogP contribution in [0.15, 0.2) is 115 Å². The van der Waals surface area contributed by atoms with E-state index in [0.717, 1.165) is 45.3 Å². The molecule has 0 fully saturated rings. The summed E-state index contributed by atoms with van der Waals surface area (Å²) in [5.41, 5.74) is 6.17. The first-order valence-corrected chi connectivity index (χ1v) is 11.7. The average Bonchev–Trinajstić information content (AvgIpc) is 2.92. The highest BCUT2D eigenvalue weighted by Gasteiger charge is 2.24. The van der Waals surface area contributed by atoms with Crippen LogP contribution in [0.2, 0.25) is 0 Å². The van der Waals surface area contributed by atoms with E-state index in [0.29, 0.717) is 5.56 Å². The summed E-state index contributed by atoms with van der Waals surface area (Å²) in [5.74, 6) is -0.0923. The summed E-state index contributed by atoms with van der Waals surface area (Å²) in [4.78, 5) is 19.1. The summed E-state index contributed by atoms with van der Waals surface area (Å²) in [7, 11) is 0. The molecule has 1 heterocycles. The first-order chi connectivity index (χ1) is 16.8. The van der Waals surface area contributed by atoms with Crippen LogP contribution in [-0.4, -0.2) is 10.9 Å². The van der Waals surface area contributed by atoms with Gasteiger partial charge in [-0.15, -0.1) is 0 Å². The highest BCUT2D eigenvalue weighted by Crippen LogP contribution is 2.38. The Hall–Kier alpha value is -4.24. The molecule has 3 nitrogen and oxygen atoms in total. The number of aromatic nitrogens is 1. The van der Waals surface area contributed by atoms with Crippen LogP contribution in [0.25, 0.3) is 33.3 Å². The molecule has 5 aromatic rings. The first kappa shape index (κ1) is 21.6. The Kier molecular flexibility index (Phi) is 6.17. The van der Waals surface area contributed by atoms with Gasteiger partial charge in [-0.1, -0.05) is 116 Å². The molecule has 0 radical (unpaired) electrons. The van der Waals surface area contributed by atoms with Crippen molar-refractivity contribution in [2.24, 2.45) is 0 Å². The van der Waals surface area contributed by atoms with Gasteiger partial charge in [0.1, 0.15) is 0 Å². The van der Waals surface area contributed by atoms with E-state index in [1.807, 2.05) is 103 Å². The largest absolute Gasteiger partial charge is 0.345 e. The van der Waals surface area contributed by atoms with Gasteiger partial charge < -0.3 is 5.32 Å². The molecule has 0 aliphatic rings. The molecule has 4 aromatic carbocycles. The second-order valence-electron chi connectivity index (χ2n) is 8.30. The summed E-state index contributed by atoms with van der Waals surface area (Å²) in [6.07, 6.45) is 0.797. The Labute approximate surface area is 200 Å². The van der Waals surface area contributed by atoms with Crippen molar-refractivity contribution in [3.05, 3.63) is 126 Å². The van der Waals surface area contributed by atoms with Crippen molar-refractivity contribution >= 4 is 16.8 Å². The Balaban J connectivity index is 1.75. The van der Waals surface area contributed by atoms with Crippen molar-refractivity contribution < 1.29 is 4.79 Å². The third kappa shape index (κ3) is 4.20. The maximum absolute atomic E-state index is 14.0. The van der Waals surface area contributed by atoms with Gasteiger partial charge in [0, 0.05) is 16.5 Å². The van der Waals surface area contributed by atoms with Gasteiger partial charge in [0.15, 0.2) is 0 Å². The molecule has 34 heavy (non-hydrogen) atoms. The van der Waals surface area contributed by atoms with Crippen molar-refractivity contribution in [1.29, 1.82) is 0 Å². The minimum atomic E-state index is -0.0923. The van der Waals surface area contributed by atoms with Crippen molar-refractivity contribution in [3.8, 4) is 22.4 Å². The molecule has 1 amide bonds. The van der Waals surface area contributed by atoms with Crippen molar-refractivity contribution in [2.45, 2.75) is 19.4 Å². The number of carbonyl (C=O) groups excluding carboxylic acids is 1. The van der Waals surface area contributed by atoms with Gasteiger partial charge in [-0.3, -0.25) is 4.79 Å². The zero-order chi connectivity index (χ0) is 23.3. The summed E-state index contributed by atoms with van der Waals surface area (Å²) in [6, 6.07) is 38.1. The predicted molar refractivity (Wildman–Crippen MR) is 140 cm³/mol. The number of para-hydroxylation sites is 1. The van der Waals surface area contributed by atoms with Crippen molar-refractivity contribution in [3.63, 3.8) is 0 Å². The number of pyridine rings is 1. The van der Waals surface area contributed by atoms with E-state index in [9.17, 15) is 4.79 Å². The number of hydrogen-bond donors (Lipinski definition) is 1. The van der Waals surface area contributed by atoms with E-state index in [1.54, 1.807) is 0 Å².